The number of anilines is 1. The van der Waals surface area contributed by atoms with E-state index in [9.17, 15) is 4.79 Å². The van der Waals surface area contributed by atoms with E-state index in [0.717, 1.165) is 0 Å². The largest absolute Gasteiger partial charge is 0.384 e. The first-order chi connectivity index (χ1) is 8.16. The summed E-state index contributed by atoms with van der Waals surface area (Å²) in [5, 5.41) is 2.18. The van der Waals surface area contributed by atoms with Gasteiger partial charge in [0.1, 0.15) is 5.82 Å². The van der Waals surface area contributed by atoms with E-state index >= 15 is 0 Å². The average molecular weight is 248 g/mol. The lowest BCUT2D eigenvalue weighted by Gasteiger charge is -2.08. The zero-order valence-corrected chi connectivity index (χ0v) is 9.85. The molecule has 0 fully saturated rings. The van der Waals surface area contributed by atoms with E-state index in [0.29, 0.717) is 22.9 Å². The minimum Gasteiger partial charge on any atom is -0.384 e. The number of nitrogens with two attached hydrogens (primary N) is 2. The van der Waals surface area contributed by atoms with Crippen molar-refractivity contribution in [3.05, 3.63) is 40.5 Å². The molecule has 17 heavy (non-hydrogen) atoms. The SMILES string of the molecule is Nc1cccc(CC(N)C(=O)c2nccs2)n1. The lowest BCUT2D eigenvalue weighted by atomic mass is 10.1. The summed E-state index contributed by atoms with van der Waals surface area (Å²) in [5.74, 6) is 0.264. The molecule has 2 heterocycles. The van der Waals surface area contributed by atoms with Gasteiger partial charge in [-0.05, 0) is 12.1 Å². The number of rotatable bonds is 4. The highest BCUT2D eigenvalue weighted by Crippen LogP contribution is 2.10. The maximum atomic E-state index is 11.9. The van der Waals surface area contributed by atoms with Crippen molar-refractivity contribution in [1.82, 2.24) is 9.97 Å². The predicted molar refractivity (Wildman–Crippen MR) is 66.8 cm³/mol. The molecular weight excluding hydrogens is 236 g/mol. The van der Waals surface area contributed by atoms with E-state index < -0.39 is 6.04 Å². The molecule has 0 aromatic carbocycles. The van der Waals surface area contributed by atoms with Crippen LogP contribution in [0.1, 0.15) is 15.5 Å². The van der Waals surface area contributed by atoms with Crippen molar-refractivity contribution in [2.24, 2.45) is 5.73 Å². The summed E-state index contributed by atoms with van der Waals surface area (Å²) in [5.41, 5.74) is 12.1. The molecule has 0 bridgehead atoms. The van der Waals surface area contributed by atoms with Crippen LogP contribution in [0.15, 0.2) is 29.8 Å². The maximum Gasteiger partial charge on any atom is 0.208 e. The van der Waals surface area contributed by atoms with Crippen molar-refractivity contribution in [1.29, 1.82) is 0 Å². The smallest absolute Gasteiger partial charge is 0.208 e. The van der Waals surface area contributed by atoms with Crippen LogP contribution < -0.4 is 11.5 Å². The summed E-state index contributed by atoms with van der Waals surface area (Å²) in [6, 6.07) is 4.65. The maximum absolute atomic E-state index is 11.9. The van der Waals surface area contributed by atoms with Crippen LogP contribution in [0.2, 0.25) is 0 Å². The van der Waals surface area contributed by atoms with Crippen LogP contribution in [-0.4, -0.2) is 21.8 Å². The fourth-order valence-electron chi connectivity index (χ4n) is 1.43. The van der Waals surface area contributed by atoms with Crippen LogP contribution in [0.25, 0.3) is 0 Å². The standard InChI is InChI=1S/C11H12N4OS/c12-8(10(16)11-14-4-5-17-11)6-7-2-1-3-9(13)15-7/h1-5,8H,6,12H2,(H2,13,15). The van der Waals surface area contributed by atoms with Gasteiger partial charge in [0.25, 0.3) is 0 Å². The van der Waals surface area contributed by atoms with E-state index in [1.165, 1.54) is 11.3 Å². The number of thiazole rings is 1. The number of carbonyl (C=O) groups is 1. The molecule has 0 saturated heterocycles. The van der Waals surface area contributed by atoms with Crippen LogP contribution in [0.4, 0.5) is 5.82 Å². The number of hydrogen-bond acceptors (Lipinski definition) is 6. The molecule has 0 aliphatic rings. The van der Waals surface area contributed by atoms with Crippen LogP contribution in [0.5, 0.6) is 0 Å². The van der Waals surface area contributed by atoms with E-state index in [2.05, 4.69) is 9.97 Å². The Balaban J connectivity index is 2.07. The van der Waals surface area contributed by atoms with Gasteiger partial charge in [0.15, 0.2) is 5.01 Å². The quantitative estimate of drug-likeness (QED) is 0.783. The lowest BCUT2D eigenvalue weighted by Crippen LogP contribution is -2.33. The normalized spacial score (nSPS) is 12.3. The number of nitrogen functional groups attached to an aromatic ring is 1. The minimum absolute atomic E-state index is 0.163. The van der Waals surface area contributed by atoms with Gasteiger partial charge in [0, 0.05) is 23.7 Å². The van der Waals surface area contributed by atoms with Crippen LogP contribution in [0.3, 0.4) is 0 Å². The van der Waals surface area contributed by atoms with E-state index in [4.69, 9.17) is 11.5 Å². The fraction of sp³-hybridized carbons (Fsp3) is 0.182. The highest BCUT2D eigenvalue weighted by Gasteiger charge is 2.18. The van der Waals surface area contributed by atoms with Gasteiger partial charge >= 0.3 is 0 Å². The first-order valence-electron chi connectivity index (χ1n) is 5.07. The molecule has 2 rings (SSSR count). The molecule has 0 spiro atoms. The van der Waals surface area contributed by atoms with Crippen molar-refractivity contribution in [2.45, 2.75) is 12.5 Å². The van der Waals surface area contributed by atoms with Gasteiger partial charge in [-0.25, -0.2) is 9.97 Å². The molecule has 1 unspecified atom stereocenters. The van der Waals surface area contributed by atoms with E-state index in [1.54, 1.807) is 29.8 Å². The monoisotopic (exact) mass is 248 g/mol. The Morgan fingerprint density at radius 2 is 2.29 bits per heavy atom. The van der Waals surface area contributed by atoms with Crippen molar-refractivity contribution in [3.8, 4) is 0 Å². The molecule has 0 amide bonds. The number of Topliss-reactive ketones (excluding diaryl/α,β-unsaturated/α-hetero) is 1. The molecular formula is C11H12N4OS. The Bertz CT molecular complexity index is 512. The Hall–Kier alpha value is -1.79. The molecule has 2 aromatic heterocycles. The first-order valence-corrected chi connectivity index (χ1v) is 5.95. The number of nitrogens with zero attached hydrogens (tertiary/aromatic N) is 2. The zero-order chi connectivity index (χ0) is 12.3. The molecule has 1 atom stereocenters. The van der Waals surface area contributed by atoms with Crippen LogP contribution >= 0.6 is 11.3 Å². The number of aromatic nitrogens is 2. The van der Waals surface area contributed by atoms with E-state index in [-0.39, 0.29) is 5.78 Å². The van der Waals surface area contributed by atoms with Gasteiger partial charge in [-0.15, -0.1) is 11.3 Å². The third kappa shape index (κ3) is 2.86. The lowest BCUT2D eigenvalue weighted by molar-refractivity contribution is 0.0960. The average Bonchev–Trinajstić information content (AvgIpc) is 2.81. The molecule has 0 aliphatic carbocycles. The minimum atomic E-state index is -0.629. The predicted octanol–water partition coefficient (Wildman–Crippen LogP) is 0.873. The topological polar surface area (TPSA) is 94.9 Å². The Kier molecular flexibility index (Phi) is 3.46. The van der Waals surface area contributed by atoms with Gasteiger partial charge in [-0.2, -0.15) is 0 Å². The molecule has 6 heteroatoms. The summed E-state index contributed by atoms with van der Waals surface area (Å²) in [6.45, 7) is 0. The fourth-order valence-corrected chi connectivity index (χ4v) is 2.07. The molecule has 2 aromatic rings. The second kappa shape index (κ2) is 5.03. The highest BCUT2D eigenvalue weighted by atomic mass is 32.1. The van der Waals surface area contributed by atoms with Gasteiger partial charge in [0.2, 0.25) is 5.78 Å². The Morgan fingerprint density at radius 1 is 1.47 bits per heavy atom. The summed E-state index contributed by atoms with van der Waals surface area (Å²) in [4.78, 5) is 19.9. The second-order valence-electron chi connectivity index (χ2n) is 3.57. The number of ketones is 1. The molecule has 88 valence electrons. The van der Waals surface area contributed by atoms with Crippen molar-refractivity contribution in [2.75, 3.05) is 5.73 Å². The third-order valence-electron chi connectivity index (χ3n) is 2.24. The van der Waals surface area contributed by atoms with Crippen molar-refractivity contribution in [3.63, 3.8) is 0 Å². The van der Waals surface area contributed by atoms with Crippen LogP contribution in [0, 0.1) is 0 Å². The Labute approximate surface area is 103 Å². The number of carbonyl (C=O) groups excluding carboxylic acids is 1. The van der Waals surface area contributed by atoms with E-state index in [1.807, 2.05) is 0 Å². The molecule has 4 N–H and O–H groups in total. The van der Waals surface area contributed by atoms with Gasteiger partial charge in [-0.1, -0.05) is 6.07 Å². The van der Waals surface area contributed by atoms with Gasteiger partial charge in [0.05, 0.1) is 6.04 Å². The molecule has 0 saturated carbocycles. The molecule has 0 aliphatic heterocycles. The summed E-state index contributed by atoms with van der Waals surface area (Å²) >= 11 is 1.29. The van der Waals surface area contributed by atoms with Crippen molar-refractivity contribution >= 4 is 22.9 Å². The van der Waals surface area contributed by atoms with Crippen LogP contribution in [-0.2, 0) is 6.42 Å². The molecule has 0 radical (unpaired) electrons. The van der Waals surface area contributed by atoms with Crippen molar-refractivity contribution < 1.29 is 4.79 Å². The number of hydrogen-bond donors (Lipinski definition) is 2. The summed E-state index contributed by atoms with van der Waals surface area (Å²) in [6.07, 6.45) is 1.95. The summed E-state index contributed by atoms with van der Waals surface area (Å²) < 4.78 is 0. The number of pyridine rings is 1. The first kappa shape index (κ1) is 11.7. The summed E-state index contributed by atoms with van der Waals surface area (Å²) in [7, 11) is 0. The van der Waals surface area contributed by atoms with Gasteiger partial charge in [-0.3, -0.25) is 4.79 Å². The molecule has 5 nitrogen and oxygen atoms in total. The zero-order valence-electron chi connectivity index (χ0n) is 9.04. The highest BCUT2D eigenvalue weighted by molar-refractivity contribution is 7.11. The third-order valence-corrected chi connectivity index (χ3v) is 3.02. The Morgan fingerprint density at radius 3 is 2.94 bits per heavy atom. The van der Waals surface area contributed by atoms with Gasteiger partial charge < -0.3 is 11.5 Å². The second-order valence-corrected chi connectivity index (χ2v) is 4.46.